The molecule has 1 aliphatic heterocycles. The minimum atomic E-state index is 0. The molecule has 0 aliphatic carbocycles. The summed E-state index contributed by atoms with van der Waals surface area (Å²) < 4.78 is 5.61. The first-order chi connectivity index (χ1) is 10.2. The van der Waals surface area contributed by atoms with Crippen molar-refractivity contribution in [3.05, 3.63) is 11.1 Å². The highest BCUT2D eigenvalue weighted by molar-refractivity contribution is 14.0. The van der Waals surface area contributed by atoms with Crippen LogP contribution in [0.2, 0.25) is 0 Å². The van der Waals surface area contributed by atoms with Gasteiger partial charge in [0.05, 0.1) is 18.3 Å². The molecule has 0 aromatic carbocycles. The highest BCUT2D eigenvalue weighted by atomic mass is 127. The van der Waals surface area contributed by atoms with Crippen LogP contribution in [0.5, 0.6) is 0 Å². The highest BCUT2D eigenvalue weighted by Crippen LogP contribution is 2.18. The topological polar surface area (TPSA) is 61.8 Å². The van der Waals surface area contributed by atoms with Crippen molar-refractivity contribution >= 4 is 46.4 Å². The Bertz CT molecular complexity index is 460. The smallest absolute Gasteiger partial charge is 0.191 e. The summed E-state index contributed by atoms with van der Waals surface area (Å²) in [5.74, 6) is 0.826. The molecule has 1 aromatic heterocycles. The molecule has 22 heavy (non-hydrogen) atoms. The second-order valence-electron chi connectivity index (χ2n) is 5.23. The summed E-state index contributed by atoms with van der Waals surface area (Å²) in [7, 11) is 4.00. The molecule has 2 rings (SSSR count). The molecule has 8 heteroatoms. The average molecular weight is 439 g/mol. The Balaban J connectivity index is 0.00000242. The normalized spacial score (nSPS) is 18.0. The van der Waals surface area contributed by atoms with E-state index >= 15 is 0 Å². The van der Waals surface area contributed by atoms with Gasteiger partial charge < -0.3 is 20.3 Å². The fourth-order valence-electron chi connectivity index (χ4n) is 2.09. The Kier molecular flexibility index (Phi) is 9.03. The van der Waals surface area contributed by atoms with E-state index in [1.807, 2.05) is 19.0 Å². The zero-order chi connectivity index (χ0) is 15.1. The van der Waals surface area contributed by atoms with Gasteiger partial charge in [-0.3, -0.25) is 0 Å². The number of anilines is 1. The van der Waals surface area contributed by atoms with Crippen LogP contribution >= 0.6 is 35.3 Å². The lowest BCUT2D eigenvalue weighted by Gasteiger charge is -2.14. The highest BCUT2D eigenvalue weighted by Gasteiger charge is 2.15. The minimum absolute atomic E-state index is 0. The van der Waals surface area contributed by atoms with Gasteiger partial charge in [-0.25, -0.2) is 9.98 Å². The Labute approximate surface area is 153 Å². The molecule has 6 nitrogen and oxygen atoms in total. The molecule has 1 aromatic rings. The van der Waals surface area contributed by atoms with Crippen LogP contribution in [-0.2, 0) is 11.3 Å². The number of aliphatic imine (C=N–C) groups is 1. The van der Waals surface area contributed by atoms with Gasteiger partial charge >= 0.3 is 0 Å². The molecule has 0 spiro atoms. The van der Waals surface area contributed by atoms with E-state index in [0.29, 0.717) is 12.6 Å². The Morgan fingerprint density at radius 2 is 2.32 bits per heavy atom. The molecule has 2 N–H and O–H groups in total. The van der Waals surface area contributed by atoms with E-state index in [2.05, 4.69) is 32.9 Å². The standard InChI is InChI=1S/C14H25N5OS.HI/c1-4-15-13(17-9-12-6-5-7-20-12)16-8-11-10-21-14(18-11)19(2)3;/h10,12H,4-9H2,1-3H3,(H2,15,16,17);1H. The van der Waals surface area contributed by atoms with E-state index in [9.17, 15) is 0 Å². The molecule has 1 atom stereocenters. The number of rotatable bonds is 6. The van der Waals surface area contributed by atoms with Crippen LogP contribution in [-0.4, -0.2) is 50.8 Å². The number of halogens is 1. The van der Waals surface area contributed by atoms with Gasteiger partial charge in [-0.1, -0.05) is 0 Å². The van der Waals surface area contributed by atoms with E-state index in [0.717, 1.165) is 49.3 Å². The van der Waals surface area contributed by atoms with Gasteiger partial charge in [0.15, 0.2) is 11.1 Å². The number of nitrogens with zero attached hydrogens (tertiary/aromatic N) is 3. The minimum Gasteiger partial charge on any atom is -0.376 e. The summed E-state index contributed by atoms with van der Waals surface area (Å²) in [5.41, 5.74) is 0.998. The third-order valence-corrected chi connectivity index (χ3v) is 4.24. The SMILES string of the molecule is CCNC(=NCc1csc(N(C)C)n1)NCC1CCCO1.I. The maximum absolute atomic E-state index is 5.61. The molecule has 1 fully saturated rings. The average Bonchev–Trinajstić information content (AvgIpc) is 3.13. The van der Waals surface area contributed by atoms with Crippen molar-refractivity contribution < 1.29 is 4.74 Å². The van der Waals surface area contributed by atoms with E-state index in [-0.39, 0.29) is 24.0 Å². The second kappa shape index (κ2) is 10.2. The van der Waals surface area contributed by atoms with Crippen molar-refractivity contribution in [2.75, 3.05) is 38.7 Å². The zero-order valence-electron chi connectivity index (χ0n) is 13.5. The molecule has 1 aliphatic rings. The lowest BCUT2D eigenvalue weighted by molar-refractivity contribution is 0.114. The Morgan fingerprint density at radius 1 is 1.50 bits per heavy atom. The van der Waals surface area contributed by atoms with Crippen molar-refractivity contribution in [1.82, 2.24) is 15.6 Å². The van der Waals surface area contributed by atoms with E-state index in [1.165, 1.54) is 0 Å². The van der Waals surface area contributed by atoms with Gasteiger partial charge in [-0.15, -0.1) is 35.3 Å². The first-order valence-corrected chi connectivity index (χ1v) is 8.32. The fourth-order valence-corrected chi connectivity index (χ4v) is 2.84. The molecule has 126 valence electrons. The first-order valence-electron chi connectivity index (χ1n) is 7.44. The van der Waals surface area contributed by atoms with E-state index < -0.39 is 0 Å². The number of hydrogen-bond donors (Lipinski definition) is 2. The number of thiazole rings is 1. The predicted molar refractivity (Wildman–Crippen MR) is 104 cm³/mol. The largest absolute Gasteiger partial charge is 0.376 e. The molecule has 0 bridgehead atoms. The van der Waals surface area contributed by atoms with Crippen LogP contribution in [0.3, 0.4) is 0 Å². The molecule has 1 saturated heterocycles. The number of ether oxygens (including phenoxy) is 1. The van der Waals surface area contributed by atoms with Crippen LogP contribution in [0.4, 0.5) is 5.13 Å². The summed E-state index contributed by atoms with van der Waals surface area (Å²) in [6.45, 7) is 5.19. The predicted octanol–water partition coefficient (Wildman–Crippen LogP) is 2.06. The molecule has 0 radical (unpaired) electrons. The van der Waals surface area contributed by atoms with Crippen LogP contribution in [0, 0.1) is 0 Å². The Hall–Kier alpha value is -0.610. The van der Waals surface area contributed by atoms with Crippen LogP contribution in [0.15, 0.2) is 10.4 Å². The van der Waals surface area contributed by atoms with Gasteiger partial charge in [-0.2, -0.15) is 0 Å². The van der Waals surface area contributed by atoms with Crippen molar-refractivity contribution in [3.8, 4) is 0 Å². The molecule has 1 unspecified atom stereocenters. The number of guanidine groups is 1. The summed E-state index contributed by atoms with van der Waals surface area (Å²) in [6.07, 6.45) is 2.60. The molecular formula is C14H26IN5OS. The van der Waals surface area contributed by atoms with Gasteiger partial charge in [0.2, 0.25) is 0 Å². The van der Waals surface area contributed by atoms with Gasteiger partial charge in [-0.05, 0) is 19.8 Å². The maximum atomic E-state index is 5.61. The molecular weight excluding hydrogens is 413 g/mol. The van der Waals surface area contributed by atoms with Crippen molar-refractivity contribution in [1.29, 1.82) is 0 Å². The third kappa shape index (κ3) is 6.25. The zero-order valence-corrected chi connectivity index (χ0v) is 16.6. The first kappa shape index (κ1) is 19.4. The monoisotopic (exact) mass is 439 g/mol. The lowest BCUT2D eigenvalue weighted by atomic mass is 10.2. The quantitative estimate of drug-likeness (QED) is 0.404. The van der Waals surface area contributed by atoms with Crippen LogP contribution in [0.25, 0.3) is 0 Å². The summed E-state index contributed by atoms with van der Waals surface area (Å²) in [6, 6.07) is 0. The fraction of sp³-hybridized carbons (Fsp3) is 0.714. The van der Waals surface area contributed by atoms with Gasteiger partial charge in [0.25, 0.3) is 0 Å². The maximum Gasteiger partial charge on any atom is 0.191 e. The summed E-state index contributed by atoms with van der Waals surface area (Å²) >= 11 is 1.64. The van der Waals surface area contributed by atoms with Gasteiger partial charge in [0.1, 0.15) is 0 Å². The summed E-state index contributed by atoms with van der Waals surface area (Å²) in [5, 5.41) is 9.67. The second-order valence-corrected chi connectivity index (χ2v) is 6.06. The molecule has 0 saturated carbocycles. The van der Waals surface area contributed by atoms with Gasteiger partial charge in [0, 0.05) is 39.2 Å². The Morgan fingerprint density at radius 3 is 2.91 bits per heavy atom. The van der Waals surface area contributed by atoms with E-state index in [4.69, 9.17) is 4.74 Å². The molecule has 2 heterocycles. The number of aromatic nitrogens is 1. The lowest BCUT2D eigenvalue weighted by Crippen LogP contribution is -2.41. The third-order valence-electron chi connectivity index (χ3n) is 3.19. The van der Waals surface area contributed by atoms with Crippen LogP contribution in [0.1, 0.15) is 25.5 Å². The van der Waals surface area contributed by atoms with Crippen LogP contribution < -0.4 is 15.5 Å². The number of nitrogens with one attached hydrogen (secondary N) is 2. The van der Waals surface area contributed by atoms with Crippen molar-refractivity contribution in [2.45, 2.75) is 32.4 Å². The number of hydrogen-bond acceptors (Lipinski definition) is 5. The van der Waals surface area contributed by atoms with E-state index in [1.54, 1.807) is 11.3 Å². The molecule has 0 amide bonds. The van der Waals surface area contributed by atoms with Crippen molar-refractivity contribution in [2.24, 2.45) is 4.99 Å². The van der Waals surface area contributed by atoms with Crippen molar-refractivity contribution in [3.63, 3.8) is 0 Å². The summed E-state index contributed by atoms with van der Waals surface area (Å²) in [4.78, 5) is 11.1.